The highest BCUT2D eigenvalue weighted by atomic mass is 35.5. The Morgan fingerprint density at radius 2 is 1.69 bits per heavy atom. The van der Waals surface area contributed by atoms with Gasteiger partial charge < -0.3 is 11.1 Å². The number of nitrogens with two attached hydrogens (primary N) is 1. The van der Waals surface area contributed by atoms with Crippen LogP contribution in [0, 0.1) is 5.92 Å². The molecule has 4 rings (SSSR count). The fourth-order valence-corrected chi connectivity index (χ4v) is 6.32. The van der Waals surface area contributed by atoms with Gasteiger partial charge >= 0.3 is 0 Å². The third-order valence-electron chi connectivity index (χ3n) is 6.09. The van der Waals surface area contributed by atoms with Gasteiger partial charge in [0.05, 0.1) is 17.0 Å². The van der Waals surface area contributed by atoms with Crippen LogP contribution in [0.4, 0.5) is 5.82 Å². The van der Waals surface area contributed by atoms with Crippen molar-refractivity contribution < 1.29 is 13.2 Å². The average Bonchev–Trinajstić information content (AvgIpc) is 2.81. The number of primary amides is 1. The fraction of sp³-hybridized carbons (Fsp3) is 0.375. The van der Waals surface area contributed by atoms with Crippen LogP contribution in [0.15, 0.2) is 47.4 Å². The standard InChI is InChI=1S/C24H28Cl2N6O3S/c1-15(2)22(23(27)33)30-24-19-5-3-4-6-20(19)28-21(29-24)14-31-7-9-32(10-8-31)36(34,35)18-12-16(25)11-17(26)13-18/h3-6,11-13,15,22H,7-10,14H2,1-2H3,(H2,27,33)(H,28,29,30)/t22-/m0/s1. The Morgan fingerprint density at radius 3 is 2.31 bits per heavy atom. The summed E-state index contributed by atoms with van der Waals surface area (Å²) in [6.07, 6.45) is 0. The van der Waals surface area contributed by atoms with Crippen molar-refractivity contribution in [2.24, 2.45) is 11.7 Å². The molecule has 9 nitrogen and oxygen atoms in total. The molecule has 3 aromatic rings. The number of anilines is 1. The van der Waals surface area contributed by atoms with Gasteiger partial charge in [-0.15, -0.1) is 0 Å². The van der Waals surface area contributed by atoms with E-state index in [1.54, 1.807) is 0 Å². The second-order valence-electron chi connectivity index (χ2n) is 9.06. The lowest BCUT2D eigenvalue weighted by atomic mass is 10.0. The number of benzene rings is 2. The van der Waals surface area contributed by atoms with Crippen molar-refractivity contribution in [3.8, 4) is 0 Å². The monoisotopic (exact) mass is 550 g/mol. The van der Waals surface area contributed by atoms with Gasteiger partial charge in [0.15, 0.2) is 0 Å². The van der Waals surface area contributed by atoms with E-state index in [0.29, 0.717) is 44.4 Å². The Labute approximate surface area is 220 Å². The minimum absolute atomic E-state index is 0.0240. The van der Waals surface area contributed by atoms with E-state index < -0.39 is 22.0 Å². The number of rotatable bonds is 8. The van der Waals surface area contributed by atoms with Gasteiger partial charge in [0.1, 0.15) is 17.7 Å². The number of sulfonamides is 1. The minimum atomic E-state index is -3.72. The van der Waals surface area contributed by atoms with E-state index in [4.69, 9.17) is 38.9 Å². The van der Waals surface area contributed by atoms with Crippen molar-refractivity contribution in [2.45, 2.75) is 31.3 Å². The van der Waals surface area contributed by atoms with Crippen LogP contribution in [-0.4, -0.2) is 65.7 Å². The normalized spacial score (nSPS) is 16.4. The van der Waals surface area contributed by atoms with Crippen molar-refractivity contribution in [3.63, 3.8) is 0 Å². The molecule has 3 N–H and O–H groups in total. The van der Waals surface area contributed by atoms with Crippen LogP contribution in [0.1, 0.15) is 19.7 Å². The number of aromatic nitrogens is 2. The van der Waals surface area contributed by atoms with Crippen molar-refractivity contribution in [1.82, 2.24) is 19.2 Å². The van der Waals surface area contributed by atoms with Crippen LogP contribution < -0.4 is 11.1 Å². The molecular formula is C24H28Cl2N6O3S. The van der Waals surface area contributed by atoms with Crippen molar-refractivity contribution in [3.05, 3.63) is 58.3 Å². The molecule has 0 unspecified atom stereocenters. The Kier molecular flexibility index (Phi) is 8.01. The van der Waals surface area contributed by atoms with E-state index in [9.17, 15) is 13.2 Å². The number of fused-ring (bicyclic) bond motifs is 1. The van der Waals surface area contributed by atoms with E-state index in [2.05, 4.69) is 10.2 Å². The summed E-state index contributed by atoms with van der Waals surface area (Å²) in [7, 11) is -3.72. The molecule has 2 heterocycles. The van der Waals surface area contributed by atoms with E-state index in [-0.39, 0.29) is 20.9 Å². The zero-order valence-corrected chi connectivity index (χ0v) is 22.3. The number of hydrogen-bond donors (Lipinski definition) is 2. The molecule has 2 aromatic carbocycles. The Bertz CT molecular complexity index is 1360. The van der Waals surface area contributed by atoms with Gasteiger partial charge in [0, 0.05) is 41.6 Å². The number of carbonyl (C=O) groups excluding carboxylic acids is 1. The predicted octanol–water partition coefficient (Wildman–Crippen LogP) is 3.36. The largest absolute Gasteiger partial charge is 0.368 e. The molecule has 1 aromatic heterocycles. The second-order valence-corrected chi connectivity index (χ2v) is 11.9. The third-order valence-corrected chi connectivity index (χ3v) is 8.40. The number of carbonyl (C=O) groups is 1. The smallest absolute Gasteiger partial charge is 0.243 e. The number of piperazine rings is 1. The highest BCUT2D eigenvalue weighted by molar-refractivity contribution is 7.89. The zero-order valence-electron chi connectivity index (χ0n) is 20.0. The average molecular weight is 552 g/mol. The number of nitrogens with zero attached hydrogens (tertiary/aromatic N) is 4. The lowest BCUT2D eigenvalue weighted by Gasteiger charge is -2.33. The minimum Gasteiger partial charge on any atom is -0.368 e. The summed E-state index contributed by atoms with van der Waals surface area (Å²) in [6.45, 7) is 5.88. The highest BCUT2D eigenvalue weighted by Gasteiger charge is 2.29. The Hall–Kier alpha value is -2.50. The number of para-hydroxylation sites is 1. The second kappa shape index (κ2) is 10.9. The summed E-state index contributed by atoms with van der Waals surface area (Å²) in [5.41, 5.74) is 6.35. The van der Waals surface area contributed by atoms with Crippen LogP contribution in [0.2, 0.25) is 10.0 Å². The van der Waals surface area contributed by atoms with Crippen LogP contribution in [0.25, 0.3) is 10.9 Å². The first-order valence-corrected chi connectivity index (χ1v) is 13.7. The van der Waals surface area contributed by atoms with Crippen LogP contribution >= 0.6 is 23.2 Å². The first-order chi connectivity index (χ1) is 17.0. The fourth-order valence-electron chi connectivity index (χ4n) is 4.17. The topological polar surface area (TPSA) is 122 Å². The summed E-state index contributed by atoms with van der Waals surface area (Å²) >= 11 is 12.0. The summed E-state index contributed by atoms with van der Waals surface area (Å²) < 4.78 is 27.6. The summed E-state index contributed by atoms with van der Waals surface area (Å²) in [6, 6.07) is 11.3. The molecular weight excluding hydrogens is 523 g/mol. The number of nitrogens with one attached hydrogen (secondary N) is 1. The lowest BCUT2D eigenvalue weighted by Crippen LogP contribution is -2.48. The van der Waals surface area contributed by atoms with E-state index in [0.717, 1.165) is 10.9 Å². The summed E-state index contributed by atoms with van der Waals surface area (Å²) in [4.78, 5) is 23.5. The maximum atomic E-state index is 13.1. The zero-order chi connectivity index (χ0) is 26.0. The highest BCUT2D eigenvalue weighted by Crippen LogP contribution is 2.26. The molecule has 0 saturated carbocycles. The van der Waals surface area contributed by atoms with Crippen molar-refractivity contribution in [1.29, 1.82) is 0 Å². The van der Waals surface area contributed by atoms with Gasteiger partial charge in [0.2, 0.25) is 15.9 Å². The SMILES string of the molecule is CC(C)[C@H](Nc1nc(CN2CCN(S(=O)(=O)c3cc(Cl)cc(Cl)c3)CC2)nc2ccccc12)C(N)=O. The first-order valence-electron chi connectivity index (χ1n) is 11.5. The predicted molar refractivity (Wildman–Crippen MR) is 141 cm³/mol. The molecule has 1 saturated heterocycles. The summed E-state index contributed by atoms with van der Waals surface area (Å²) in [5, 5.41) is 4.54. The Morgan fingerprint density at radius 1 is 1.06 bits per heavy atom. The van der Waals surface area contributed by atoms with Crippen LogP contribution in [0.3, 0.4) is 0 Å². The maximum Gasteiger partial charge on any atom is 0.243 e. The van der Waals surface area contributed by atoms with Gasteiger partial charge in [-0.1, -0.05) is 49.2 Å². The first kappa shape index (κ1) is 26.6. The summed E-state index contributed by atoms with van der Waals surface area (Å²) in [5.74, 6) is 0.643. The molecule has 0 bridgehead atoms. The molecule has 0 aliphatic carbocycles. The molecule has 1 aliphatic rings. The van der Waals surface area contributed by atoms with Crippen molar-refractivity contribution in [2.75, 3.05) is 31.5 Å². The molecule has 1 fully saturated rings. The molecule has 0 spiro atoms. The van der Waals surface area contributed by atoms with Gasteiger partial charge in [-0.25, -0.2) is 18.4 Å². The van der Waals surface area contributed by atoms with Crippen LogP contribution in [0.5, 0.6) is 0 Å². The van der Waals surface area contributed by atoms with E-state index in [1.165, 1.54) is 22.5 Å². The van der Waals surface area contributed by atoms with Gasteiger partial charge in [-0.2, -0.15) is 4.31 Å². The molecule has 0 radical (unpaired) electrons. The van der Waals surface area contributed by atoms with Gasteiger partial charge in [-0.05, 0) is 36.2 Å². The third kappa shape index (κ3) is 5.90. The number of halogens is 2. The Balaban J connectivity index is 1.50. The van der Waals surface area contributed by atoms with Crippen LogP contribution in [-0.2, 0) is 21.4 Å². The quantitative estimate of drug-likeness (QED) is 0.440. The maximum absolute atomic E-state index is 13.1. The molecule has 1 atom stereocenters. The number of hydrogen-bond acceptors (Lipinski definition) is 7. The van der Waals surface area contributed by atoms with Gasteiger partial charge in [0.25, 0.3) is 0 Å². The van der Waals surface area contributed by atoms with Crippen molar-refractivity contribution >= 4 is 55.9 Å². The number of amides is 1. The lowest BCUT2D eigenvalue weighted by molar-refractivity contribution is -0.119. The molecule has 1 amide bonds. The molecule has 192 valence electrons. The molecule has 1 aliphatic heterocycles. The van der Waals surface area contributed by atoms with E-state index >= 15 is 0 Å². The van der Waals surface area contributed by atoms with E-state index in [1.807, 2.05) is 38.1 Å². The van der Waals surface area contributed by atoms with Gasteiger partial charge in [-0.3, -0.25) is 9.69 Å². The molecule has 12 heteroatoms. The molecule has 36 heavy (non-hydrogen) atoms.